The summed E-state index contributed by atoms with van der Waals surface area (Å²) in [6.07, 6.45) is 4.23. The maximum absolute atomic E-state index is 13.8. The van der Waals surface area contributed by atoms with E-state index < -0.39 is 16.8 Å². The number of fused-ring (bicyclic) bond motifs is 2. The van der Waals surface area contributed by atoms with Crippen molar-refractivity contribution in [1.82, 2.24) is 15.3 Å². The maximum Gasteiger partial charge on any atom is 0.234 e. The Balaban J connectivity index is 1.31. The van der Waals surface area contributed by atoms with E-state index in [9.17, 15) is 19.1 Å². The SMILES string of the molecule is C[C@](O)(CCC(=O)c1cc(OC2CC2)c2ncccc2c1)c1cc2c(c(-c3ccc(F)cc3)n1)OC[C@]2(C)C(=O)NCCCO. The van der Waals surface area contributed by atoms with Gasteiger partial charge in [-0.1, -0.05) is 6.07 Å². The van der Waals surface area contributed by atoms with Crippen LogP contribution in [-0.2, 0) is 15.8 Å². The minimum Gasteiger partial charge on any atom is -0.489 e. The van der Waals surface area contributed by atoms with Crippen LogP contribution in [0.25, 0.3) is 22.2 Å². The lowest BCUT2D eigenvalue weighted by Crippen LogP contribution is -2.44. The smallest absolute Gasteiger partial charge is 0.234 e. The zero-order valence-corrected chi connectivity index (χ0v) is 25.3. The van der Waals surface area contributed by atoms with E-state index in [-0.39, 0.29) is 49.5 Å². The summed E-state index contributed by atoms with van der Waals surface area (Å²) in [7, 11) is 0. The molecule has 3 N–H and O–H groups in total. The number of carbonyl (C=O) groups excluding carboxylic acids is 2. The van der Waals surface area contributed by atoms with Crippen molar-refractivity contribution in [2.75, 3.05) is 19.8 Å². The summed E-state index contributed by atoms with van der Waals surface area (Å²) in [5.41, 5.74) is 0.204. The number of benzene rings is 2. The molecule has 3 heterocycles. The minimum absolute atomic E-state index is 0.0156. The third-order valence-corrected chi connectivity index (χ3v) is 8.51. The van der Waals surface area contributed by atoms with Crippen molar-refractivity contribution >= 4 is 22.6 Å². The molecular formula is C35H36FN3O6. The molecule has 0 spiro atoms. The molecule has 0 radical (unpaired) electrons. The fourth-order valence-corrected chi connectivity index (χ4v) is 5.53. The van der Waals surface area contributed by atoms with E-state index in [1.165, 1.54) is 12.1 Å². The van der Waals surface area contributed by atoms with Crippen LogP contribution in [0.3, 0.4) is 0 Å². The minimum atomic E-state index is -1.57. The van der Waals surface area contributed by atoms with Gasteiger partial charge in [0.05, 0.1) is 11.8 Å². The van der Waals surface area contributed by atoms with Crippen LogP contribution in [0.2, 0.25) is 0 Å². The lowest BCUT2D eigenvalue weighted by molar-refractivity contribution is -0.126. The number of nitrogens with zero attached hydrogens (tertiary/aromatic N) is 2. The third-order valence-electron chi connectivity index (χ3n) is 8.51. The lowest BCUT2D eigenvalue weighted by atomic mass is 9.81. The van der Waals surface area contributed by atoms with E-state index >= 15 is 0 Å². The molecule has 1 saturated carbocycles. The highest BCUT2D eigenvalue weighted by Crippen LogP contribution is 2.46. The van der Waals surface area contributed by atoms with Crippen molar-refractivity contribution in [2.24, 2.45) is 0 Å². The van der Waals surface area contributed by atoms with Crippen LogP contribution in [0, 0.1) is 5.82 Å². The van der Waals surface area contributed by atoms with Gasteiger partial charge in [-0.3, -0.25) is 14.6 Å². The molecular weight excluding hydrogens is 577 g/mol. The number of carbonyl (C=O) groups is 2. The fourth-order valence-electron chi connectivity index (χ4n) is 5.53. The van der Waals surface area contributed by atoms with Crippen LogP contribution in [-0.4, -0.2) is 57.7 Å². The second-order valence-electron chi connectivity index (χ2n) is 12.3. The number of Topliss-reactive ketones (excluding diaryl/α,β-unsaturated/α-hetero) is 1. The Labute approximate surface area is 260 Å². The summed E-state index contributed by atoms with van der Waals surface area (Å²) < 4.78 is 25.9. The Morgan fingerprint density at radius 2 is 1.96 bits per heavy atom. The maximum atomic E-state index is 13.8. The van der Waals surface area contributed by atoms with Crippen molar-refractivity contribution < 1.29 is 33.7 Å². The van der Waals surface area contributed by atoms with Gasteiger partial charge >= 0.3 is 0 Å². The average Bonchev–Trinajstić information content (AvgIpc) is 3.79. The van der Waals surface area contributed by atoms with E-state index in [4.69, 9.17) is 19.6 Å². The molecule has 6 rings (SSSR count). The van der Waals surface area contributed by atoms with Crippen LogP contribution in [0.4, 0.5) is 4.39 Å². The normalized spacial score (nSPS) is 18.6. The van der Waals surface area contributed by atoms with E-state index in [0.29, 0.717) is 52.4 Å². The van der Waals surface area contributed by atoms with Gasteiger partial charge in [-0.25, -0.2) is 9.37 Å². The van der Waals surface area contributed by atoms with Gasteiger partial charge in [-0.2, -0.15) is 0 Å². The fraction of sp³-hybridized carbons (Fsp3) is 0.371. The summed E-state index contributed by atoms with van der Waals surface area (Å²) in [6.45, 7) is 3.61. The number of ether oxygens (including phenoxy) is 2. The van der Waals surface area contributed by atoms with Gasteiger partial charge in [0, 0.05) is 47.8 Å². The first-order valence-corrected chi connectivity index (χ1v) is 15.2. The van der Waals surface area contributed by atoms with Gasteiger partial charge in [0.1, 0.15) is 46.1 Å². The molecule has 0 bridgehead atoms. The molecule has 0 unspecified atom stereocenters. The standard InChI is InChI=1S/C35H36FN3O6/c1-34(33(42)38-15-4-16-40)20-44-32-26(34)19-29(39-31(32)21-6-8-24(36)9-7-21)35(2,43)13-12-27(41)23-17-22-5-3-14-37-30(22)28(18-23)45-25-10-11-25/h3,5-9,14,17-19,25,40,43H,4,10-13,15-16,20H2,1-2H3,(H,38,42)/t34-,35-/m0/s1. The number of halogens is 1. The summed E-state index contributed by atoms with van der Waals surface area (Å²) in [4.78, 5) is 36.1. The highest BCUT2D eigenvalue weighted by Gasteiger charge is 2.46. The molecule has 2 aromatic carbocycles. The second-order valence-corrected chi connectivity index (χ2v) is 12.3. The molecule has 1 aliphatic heterocycles. The number of nitrogens with one attached hydrogen (secondary N) is 1. The first-order chi connectivity index (χ1) is 21.6. The highest BCUT2D eigenvalue weighted by atomic mass is 19.1. The second kappa shape index (κ2) is 12.2. The van der Waals surface area contributed by atoms with Gasteiger partial charge in [0.2, 0.25) is 5.91 Å². The third kappa shape index (κ3) is 6.25. The number of pyridine rings is 2. The molecule has 10 heteroatoms. The number of amides is 1. The van der Waals surface area contributed by atoms with Crippen molar-refractivity contribution in [1.29, 1.82) is 0 Å². The monoisotopic (exact) mass is 613 g/mol. The number of aromatic nitrogens is 2. The number of aliphatic hydroxyl groups is 2. The van der Waals surface area contributed by atoms with Crippen molar-refractivity contribution in [3.05, 3.63) is 83.4 Å². The van der Waals surface area contributed by atoms with Gasteiger partial charge in [0.25, 0.3) is 0 Å². The number of aliphatic hydroxyl groups excluding tert-OH is 1. The molecule has 45 heavy (non-hydrogen) atoms. The van der Waals surface area contributed by atoms with Crippen LogP contribution < -0.4 is 14.8 Å². The first-order valence-electron chi connectivity index (χ1n) is 15.2. The molecule has 2 aromatic heterocycles. The Bertz CT molecular complexity index is 1750. The molecule has 9 nitrogen and oxygen atoms in total. The van der Waals surface area contributed by atoms with E-state index in [2.05, 4.69) is 10.3 Å². The van der Waals surface area contributed by atoms with Crippen molar-refractivity contribution in [3.63, 3.8) is 0 Å². The summed E-state index contributed by atoms with van der Waals surface area (Å²) in [5, 5.41) is 24.6. The van der Waals surface area contributed by atoms with Gasteiger partial charge in [0.15, 0.2) is 5.78 Å². The Morgan fingerprint density at radius 1 is 1.18 bits per heavy atom. The number of hydrogen-bond donors (Lipinski definition) is 3. The number of ketones is 1. The van der Waals surface area contributed by atoms with E-state index in [1.807, 2.05) is 12.1 Å². The molecule has 2 atom stereocenters. The van der Waals surface area contributed by atoms with E-state index in [1.54, 1.807) is 50.4 Å². The average molecular weight is 614 g/mol. The van der Waals surface area contributed by atoms with Crippen LogP contribution in [0.1, 0.15) is 67.6 Å². The van der Waals surface area contributed by atoms with Crippen LogP contribution >= 0.6 is 0 Å². The van der Waals surface area contributed by atoms with Crippen LogP contribution in [0.15, 0.2) is 60.8 Å². The predicted octanol–water partition coefficient (Wildman–Crippen LogP) is 5.00. The van der Waals surface area contributed by atoms with Gasteiger partial charge in [-0.15, -0.1) is 0 Å². The largest absolute Gasteiger partial charge is 0.489 e. The molecule has 0 saturated heterocycles. The predicted molar refractivity (Wildman–Crippen MR) is 166 cm³/mol. The van der Waals surface area contributed by atoms with E-state index in [0.717, 1.165) is 18.2 Å². The first kappa shape index (κ1) is 30.6. The zero-order chi connectivity index (χ0) is 31.8. The summed E-state index contributed by atoms with van der Waals surface area (Å²) in [6, 6.07) is 14.6. The van der Waals surface area contributed by atoms with Crippen LogP contribution in [0.5, 0.6) is 11.5 Å². The molecule has 234 valence electrons. The Morgan fingerprint density at radius 3 is 2.69 bits per heavy atom. The Hall–Kier alpha value is -4.41. The Kier molecular flexibility index (Phi) is 8.28. The topological polar surface area (TPSA) is 131 Å². The van der Waals surface area contributed by atoms with Crippen molar-refractivity contribution in [3.8, 4) is 22.8 Å². The van der Waals surface area contributed by atoms with Gasteiger partial charge in [-0.05, 0) is 88.1 Å². The summed E-state index contributed by atoms with van der Waals surface area (Å²) in [5.74, 6) is 0.0810. The van der Waals surface area contributed by atoms with Gasteiger partial charge < -0.3 is 25.0 Å². The molecule has 1 fully saturated rings. The zero-order valence-electron chi connectivity index (χ0n) is 25.3. The molecule has 4 aromatic rings. The quantitative estimate of drug-likeness (QED) is 0.150. The molecule has 1 amide bonds. The highest BCUT2D eigenvalue weighted by molar-refractivity contribution is 6.01. The molecule has 1 aliphatic carbocycles. The lowest BCUT2D eigenvalue weighted by Gasteiger charge is -2.26. The number of rotatable bonds is 12. The molecule has 2 aliphatic rings. The van der Waals surface area contributed by atoms with Crippen molar-refractivity contribution in [2.45, 2.75) is 63.1 Å². The number of hydrogen-bond acceptors (Lipinski definition) is 8. The summed E-state index contributed by atoms with van der Waals surface area (Å²) >= 11 is 0.